The Kier molecular flexibility index (Phi) is 10.7. The van der Waals surface area contributed by atoms with Crippen LogP contribution in [0.25, 0.3) is 0 Å². The summed E-state index contributed by atoms with van der Waals surface area (Å²) in [5, 5.41) is 8.57. The number of ether oxygens (including phenoxy) is 1. The average Bonchev–Trinajstić information content (AvgIpc) is 2.36. The first-order valence-electron chi connectivity index (χ1n) is 7.50. The Morgan fingerprint density at radius 3 is 2.15 bits per heavy atom. The standard InChI is InChI=1S/C16H28O4/c1-13(2)10-8-6-4-5-7-9-11-20-15(17)12-14(3)16(18)19/h13H,3-12H2,1-2H3,(H,18,19). The largest absolute Gasteiger partial charge is 0.478 e. The van der Waals surface area contributed by atoms with Crippen molar-refractivity contribution < 1.29 is 19.4 Å². The molecule has 0 aliphatic heterocycles. The molecule has 0 spiro atoms. The molecule has 0 fully saturated rings. The maximum atomic E-state index is 11.2. The Labute approximate surface area is 122 Å². The molecule has 4 heteroatoms. The molecule has 0 aromatic carbocycles. The Bertz CT molecular complexity index is 308. The van der Waals surface area contributed by atoms with E-state index in [4.69, 9.17) is 9.84 Å². The fraction of sp³-hybridized carbons (Fsp3) is 0.750. The summed E-state index contributed by atoms with van der Waals surface area (Å²) in [4.78, 5) is 21.7. The van der Waals surface area contributed by atoms with Crippen LogP contribution < -0.4 is 0 Å². The Hall–Kier alpha value is -1.32. The summed E-state index contributed by atoms with van der Waals surface area (Å²) in [6, 6.07) is 0. The third-order valence-electron chi connectivity index (χ3n) is 3.10. The monoisotopic (exact) mass is 284 g/mol. The van der Waals surface area contributed by atoms with Crippen LogP contribution in [-0.4, -0.2) is 23.7 Å². The molecule has 0 bridgehead atoms. The second kappa shape index (κ2) is 11.5. The van der Waals surface area contributed by atoms with Gasteiger partial charge in [0.25, 0.3) is 0 Å². The van der Waals surface area contributed by atoms with Crippen molar-refractivity contribution in [3.05, 3.63) is 12.2 Å². The van der Waals surface area contributed by atoms with E-state index >= 15 is 0 Å². The van der Waals surface area contributed by atoms with Gasteiger partial charge in [-0.1, -0.05) is 59.0 Å². The van der Waals surface area contributed by atoms with Crippen LogP contribution in [0.15, 0.2) is 12.2 Å². The minimum Gasteiger partial charge on any atom is -0.478 e. The van der Waals surface area contributed by atoms with Crippen molar-refractivity contribution in [3.8, 4) is 0 Å². The highest BCUT2D eigenvalue weighted by Gasteiger charge is 2.10. The van der Waals surface area contributed by atoms with Crippen molar-refractivity contribution in [2.75, 3.05) is 6.61 Å². The van der Waals surface area contributed by atoms with Crippen molar-refractivity contribution in [2.45, 2.75) is 65.2 Å². The zero-order valence-corrected chi connectivity index (χ0v) is 12.8. The molecular formula is C16H28O4. The molecular weight excluding hydrogens is 256 g/mol. The minimum absolute atomic E-state index is 0.125. The van der Waals surface area contributed by atoms with Gasteiger partial charge < -0.3 is 9.84 Å². The van der Waals surface area contributed by atoms with Crippen LogP contribution in [0.3, 0.4) is 0 Å². The molecule has 0 heterocycles. The molecule has 0 aliphatic rings. The Balaban J connectivity index is 3.33. The van der Waals surface area contributed by atoms with Gasteiger partial charge in [-0.3, -0.25) is 4.79 Å². The topological polar surface area (TPSA) is 63.6 Å². The van der Waals surface area contributed by atoms with E-state index < -0.39 is 11.9 Å². The van der Waals surface area contributed by atoms with Gasteiger partial charge in [-0.2, -0.15) is 0 Å². The first kappa shape index (κ1) is 18.7. The molecule has 0 aromatic heterocycles. The number of esters is 1. The lowest BCUT2D eigenvalue weighted by molar-refractivity contribution is -0.144. The van der Waals surface area contributed by atoms with Gasteiger partial charge in [-0.05, 0) is 12.3 Å². The van der Waals surface area contributed by atoms with E-state index in [9.17, 15) is 9.59 Å². The van der Waals surface area contributed by atoms with Crippen LogP contribution in [-0.2, 0) is 14.3 Å². The van der Waals surface area contributed by atoms with E-state index in [-0.39, 0.29) is 12.0 Å². The van der Waals surface area contributed by atoms with Crippen LogP contribution in [0.4, 0.5) is 0 Å². The van der Waals surface area contributed by atoms with Crippen LogP contribution >= 0.6 is 0 Å². The fourth-order valence-electron chi connectivity index (χ4n) is 1.85. The normalized spacial score (nSPS) is 10.6. The number of unbranched alkanes of at least 4 members (excludes halogenated alkanes) is 5. The number of carbonyl (C=O) groups excluding carboxylic acids is 1. The summed E-state index contributed by atoms with van der Waals surface area (Å²) in [5.41, 5.74) is -0.125. The summed E-state index contributed by atoms with van der Waals surface area (Å²) in [7, 11) is 0. The van der Waals surface area contributed by atoms with Gasteiger partial charge in [0.1, 0.15) is 0 Å². The number of hydrogen-bond acceptors (Lipinski definition) is 3. The highest BCUT2D eigenvalue weighted by atomic mass is 16.5. The van der Waals surface area contributed by atoms with Gasteiger partial charge >= 0.3 is 11.9 Å². The van der Waals surface area contributed by atoms with E-state index in [1.54, 1.807) is 0 Å². The summed E-state index contributed by atoms with van der Waals surface area (Å²) in [6.07, 6.45) is 7.92. The predicted molar refractivity (Wildman–Crippen MR) is 79.5 cm³/mol. The third-order valence-corrected chi connectivity index (χ3v) is 3.10. The first-order valence-corrected chi connectivity index (χ1v) is 7.50. The second-order valence-electron chi connectivity index (χ2n) is 5.61. The molecule has 0 saturated heterocycles. The highest BCUT2D eigenvalue weighted by molar-refractivity contribution is 5.91. The molecule has 0 amide bonds. The molecule has 116 valence electrons. The van der Waals surface area contributed by atoms with E-state index in [1.165, 1.54) is 25.7 Å². The Morgan fingerprint density at radius 2 is 1.60 bits per heavy atom. The lowest BCUT2D eigenvalue weighted by atomic mass is 10.0. The summed E-state index contributed by atoms with van der Waals surface area (Å²) in [5.74, 6) is -0.868. The summed E-state index contributed by atoms with van der Waals surface area (Å²) >= 11 is 0. The van der Waals surface area contributed by atoms with E-state index in [2.05, 4.69) is 20.4 Å². The smallest absolute Gasteiger partial charge is 0.331 e. The zero-order valence-electron chi connectivity index (χ0n) is 12.8. The van der Waals surface area contributed by atoms with Crippen molar-refractivity contribution >= 4 is 11.9 Å². The fourth-order valence-corrected chi connectivity index (χ4v) is 1.85. The average molecular weight is 284 g/mol. The minimum atomic E-state index is -1.15. The molecule has 0 atom stereocenters. The lowest BCUT2D eigenvalue weighted by Crippen LogP contribution is -2.10. The van der Waals surface area contributed by atoms with Crippen molar-refractivity contribution in [3.63, 3.8) is 0 Å². The van der Waals surface area contributed by atoms with Gasteiger partial charge in [-0.15, -0.1) is 0 Å². The molecule has 0 radical (unpaired) electrons. The van der Waals surface area contributed by atoms with Gasteiger partial charge in [-0.25, -0.2) is 4.79 Å². The maximum absolute atomic E-state index is 11.2. The molecule has 1 N–H and O–H groups in total. The lowest BCUT2D eigenvalue weighted by Gasteiger charge is -2.06. The van der Waals surface area contributed by atoms with Gasteiger partial charge in [0.2, 0.25) is 0 Å². The van der Waals surface area contributed by atoms with Gasteiger partial charge in [0.05, 0.1) is 13.0 Å². The van der Waals surface area contributed by atoms with Crippen LogP contribution in [0.5, 0.6) is 0 Å². The van der Waals surface area contributed by atoms with Crippen molar-refractivity contribution in [1.82, 2.24) is 0 Å². The van der Waals surface area contributed by atoms with Gasteiger partial charge in [0, 0.05) is 5.57 Å². The van der Waals surface area contributed by atoms with Crippen LogP contribution in [0.2, 0.25) is 0 Å². The molecule has 0 saturated carbocycles. The van der Waals surface area contributed by atoms with E-state index in [0.717, 1.165) is 25.2 Å². The first-order chi connectivity index (χ1) is 9.43. The van der Waals surface area contributed by atoms with E-state index in [1.807, 2.05) is 0 Å². The second-order valence-corrected chi connectivity index (χ2v) is 5.61. The molecule has 0 aromatic rings. The van der Waals surface area contributed by atoms with Gasteiger partial charge in [0.15, 0.2) is 0 Å². The molecule has 4 nitrogen and oxygen atoms in total. The highest BCUT2D eigenvalue weighted by Crippen LogP contribution is 2.11. The third kappa shape index (κ3) is 11.8. The summed E-state index contributed by atoms with van der Waals surface area (Å²) < 4.78 is 4.96. The molecule has 0 rings (SSSR count). The molecule has 0 unspecified atom stereocenters. The number of hydrogen-bond donors (Lipinski definition) is 1. The maximum Gasteiger partial charge on any atom is 0.331 e. The van der Waals surface area contributed by atoms with Crippen LogP contribution in [0, 0.1) is 5.92 Å². The number of aliphatic carboxylic acids is 1. The summed E-state index contributed by atoms with van der Waals surface area (Å²) in [6.45, 7) is 8.15. The van der Waals surface area contributed by atoms with Crippen LogP contribution in [0.1, 0.15) is 65.2 Å². The number of rotatable bonds is 12. The van der Waals surface area contributed by atoms with E-state index in [0.29, 0.717) is 6.61 Å². The number of carboxylic acid groups (broad SMARTS) is 1. The van der Waals surface area contributed by atoms with Crippen molar-refractivity contribution in [1.29, 1.82) is 0 Å². The molecule has 20 heavy (non-hydrogen) atoms. The number of carbonyl (C=O) groups is 2. The quantitative estimate of drug-likeness (QED) is 0.335. The predicted octanol–water partition coefficient (Wildman–Crippen LogP) is 3.95. The van der Waals surface area contributed by atoms with Crippen molar-refractivity contribution in [2.24, 2.45) is 5.92 Å². The SMILES string of the molecule is C=C(CC(=O)OCCCCCCCCC(C)C)C(=O)O. The molecule has 0 aliphatic carbocycles. The zero-order chi connectivity index (χ0) is 15.4. The Morgan fingerprint density at radius 1 is 1.05 bits per heavy atom. The number of carboxylic acids is 1.